The summed E-state index contributed by atoms with van der Waals surface area (Å²) in [5.41, 5.74) is 5.80. The van der Waals surface area contributed by atoms with Crippen LogP contribution >= 0.6 is 0 Å². The molecule has 18 heavy (non-hydrogen) atoms. The molecule has 2 heterocycles. The first-order valence-electron chi connectivity index (χ1n) is 7.36. The summed E-state index contributed by atoms with van der Waals surface area (Å²) in [5, 5.41) is 8.79. The molecule has 4 nitrogen and oxygen atoms in total. The van der Waals surface area contributed by atoms with Gasteiger partial charge in [-0.1, -0.05) is 19.8 Å². The van der Waals surface area contributed by atoms with Crippen molar-refractivity contribution in [2.75, 3.05) is 0 Å². The Morgan fingerprint density at radius 3 is 2.78 bits per heavy atom. The molecule has 0 radical (unpaired) electrons. The van der Waals surface area contributed by atoms with Crippen LogP contribution in [0.25, 0.3) is 0 Å². The van der Waals surface area contributed by atoms with Crippen LogP contribution in [0.2, 0.25) is 0 Å². The molecule has 4 heteroatoms. The van der Waals surface area contributed by atoms with E-state index in [1.807, 2.05) is 0 Å². The van der Waals surface area contributed by atoms with Gasteiger partial charge in [-0.15, -0.1) is 10.2 Å². The van der Waals surface area contributed by atoms with Crippen molar-refractivity contribution in [3.8, 4) is 0 Å². The van der Waals surface area contributed by atoms with Crippen LogP contribution in [0.1, 0.15) is 69.9 Å². The van der Waals surface area contributed by atoms with E-state index in [9.17, 15) is 0 Å². The van der Waals surface area contributed by atoms with E-state index >= 15 is 0 Å². The lowest BCUT2D eigenvalue weighted by molar-refractivity contribution is 0.513. The van der Waals surface area contributed by atoms with Crippen molar-refractivity contribution < 1.29 is 0 Å². The zero-order chi connectivity index (χ0) is 13.0. The largest absolute Gasteiger partial charge is 0.328 e. The molecule has 102 valence electrons. The number of aryl methyl sites for hydroxylation is 1. The second kappa shape index (κ2) is 6.32. The summed E-state index contributed by atoms with van der Waals surface area (Å²) in [6.07, 6.45) is 8.40. The molecule has 1 aliphatic rings. The summed E-state index contributed by atoms with van der Waals surface area (Å²) in [6.45, 7) is 5.45. The van der Waals surface area contributed by atoms with E-state index in [1.54, 1.807) is 0 Å². The molecular formula is C14H26N4. The maximum Gasteiger partial charge on any atom is 0.135 e. The van der Waals surface area contributed by atoms with Gasteiger partial charge < -0.3 is 10.3 Å². The maximum atomic E-state index is 5.80. The smallest absolute Gasteiger partial charge is 0.135 e. The van der Waals surface area contributed by atoms with Gasteiger partial charge in [-0.3, -0.25) is 0 Å². The monoisotopic (exact) mass is 250 g/mol. The van der Waals surface area contributed by atoms with Crippen molar-refractivity contribution in [3.63, 3.8) is 0 Å². The second-order valence-electron chi connectivity index (χ2n) is 5.75. The zero-order valence-electron chi connectivity index (χ0n) is 11.7. The quantitative estimate of drug-likeness (QED) is 0.874. The first kappa shape index (κ1) is 13.5. The fraction of sp³-hybridized carbons (Fsp3) is 0.857. The van der Waals surface area contributed by atoms with E-state index in [0.29, 0.717) is 12.0 Å². The van der Waals surface area contributed by atoms with Crippen LogP contribution < -0.4 is 5.73 Å². The Morgan fingerprint density at radius 1 is 1.17 bits per heavy atom. The highest BCUT2D eigenvalue weighted by atomic mass is 15.3. The van der Waals surface area contributed by atoms with Crippen molar-refractivity contribution in [1.82, 2.24) is 14.8 Å². The highest BCUT2D eigenvalue weighted by molar-refractivity contribution is 5.02. The fourth-order valence-corrected chi connectivity index (χ4v) is 2.75. The van der Waals surface area contributed by atoms with E-state index in [1.165, 1.54) is 43.8 Å². The normalized spacial score (nSPS) is 19.1. The van der Waals surface area contributed by atoms with Gasteiger partial charge in [-0.2, -0.15) is 0 Å². The van der Waals surface area contributed by atoms with Crippen molar-refractivity contribution in [3.05, 3.63) is 11.6 Å². The lowest BCUT2D eigenvalue weighted by Crippen LogP contribution is -2.15. The molecule has 0 spiro atoms. The molecule has 2 N–H and O–H groups in total. The van der Waals surface area contributed by atoms with Gasteiger partial charge in [0, 0.05) is 24.9 Å². The Balaban J connectivity index is 1.97. The molecule has 2 unspecified atom stereocenters. The van der Waals surface area contributed by atoms with E-state index in [0.717, 1.165) is 19.4 Å². The molecule has 0 aliphatic carbocycles. The summed E-state index contributed by atoms with van der Waals surface area (Å²) < 4.78 is 2.36. The molecule has 1 aliphatic heterocycles. The van der Waals surface area contributed by atoms with Crippen LogP contribution in [-0.4, -0.2) is 20.8 Å². The third kappa shape index (κ3) is 3.31. The van der Waals surface area contributed by atoms with Crippen LogP contribution in [0.3, 0.4) is 0 Å². The standard InChI is InChI=1S/C14H26N4/c1-11(7-6-8-12(2)15)14-17-16-13-9-4-3-5-10-18(13)14/h11-12H,3-10,15H2,1-2H3. The Morgan fingerprint density at radius 2 is 2.00 bits per heavy atom. The number of hydrogen-bond acceptors (Lipinski definition) is 3. The minimum atomic E-state index is 0.313. The Labute approximate surface area is 110 Å². The van der Waals surface area contributed by atoms with Crippen LogP contribution in [0, 0.1) is 0 Å². The van der Waals surface area contributed by atoms with E-state index in [2.05, 4.69) is 28.6 Å². The first-order chi connectivity index (χ1) is 8.68. The zero-order valence-corrected chi connectivity index (χ0v) is 11.7. The summed E-state index contributed by atoms with van der Waals surface area (Å²) in [5.74, 6) is 2.89. The third-order valence-electron chi connectivity index (χ3n) is 3.88. The SMILES string of the molecule is CC(N)CCCC(C)c1nnc2n1CCCCC2. The minimum absolute atomic E-state index is 0.313. The van der Waals surface area contributed by atoms with Gasteiger partial charge in [0.25, 0.3) is 0 Å². The predicted octanol–water partition coefficient (Wildman–Crippen LogP) is 2.63. The highest BCUT2D eigenvalue weighted by Gasteiger charge is 2.18. The van der Waals surface area contributed by atoms with Crippen molar-refractivity contribution in [2.24, 2.45) is 5.73 Å². The van der Waals surface area contributed by atoms with Crippen LogP contribution in [0.5, 0.6) is 0 Å². The molecule has 0 bridgehead atoms. The number of nitrogens with zero attached hydrogens (tertiary/aromatic N) is 3. The molecule has 1 aromatic rings. The van der Waals surface area contributed by atoms with Crippen LogP contribution in [-0.2, 0) is 13.0 Å². The van der Waals surface area contributed by atoms with Gasteiger partial charge in [0.2, 0.25) is 0 Å². The van der Waals surface area contributed by atoms with Gasteiger partial charge in [-0.25, -0.2) is 0 Å². The van der Waals surface area contributed by atoms with E-state index in [-0.39, 0.29) is 0 Å². The number of hydrogen-bond donors (Lipinski definition) is 1. The van der Waals surface area contributed by atoms with Gasteiger partial charge in [0.15, 0.2) is 0 Å². The number of aromatic nitrogens is 3. The Bertz CT molecular complexity index is 370. The molecule has 0 amide bonds. The number of nitrogens with two attached hydrogens (primary N) is 1. The summed E-state index contributed by atoms with van der Waals surface area (Å²) in [4.78, 5) is 0. The van der Waals surface area contributed by atoms with Gasteiger partial charge in [0.1, 0.15) is 11.6 Å². The summed E-state index contributed by atoms with van der Waals surface area (Å²) in [7, 11) is 0. The first-order valence-corrected chi connectivity index (χ1v) is 7.36. The van der Waals surface area contributed by atoms with Crippen LogP contribution in [0.15, 0.2) is 0 Å². The lowest BCUT2D eigenvalue weighted by atomic mass is 10.0. The van der Waals surface area contributed by atoms with E-state index in [4.69, 9.17) is 5.73 Å². The average Bonchev–Trinajstić information content (AvgIpc) is 2.58. The third-order valence-corrected chi connectivity index (χ3v) is 3.88. The molecule has 1 aromatic heterocycles. The molecule has 0 aromatic carbocycles. The van der Waals surface area contributed by atoms with Gasteiger partial charge in [-0.05, 0) is 32.6 Å². The second-order valence-corrected chi connectivity index (χ2v) is 5.75. The molecule has 0 saturated carbocycles. The number of rotatable bonds is 5. The highest BCUT2D eigenvalue weighted by Crippen LogP contribution is 2.23. The summed E-state index contributed by atoms with van der Waals surface area (Å²) in [6, 6.07) is 0.313. The van der Waals surface area contributed by atoms with Crippen LogP contribution in [0.4, 0.5) is 0 Å². The Hall–Kier alpha value is -0.900. The van der Waals surface area contributed by atoms with Crippen molar-refractivity contribution >= 4 is 0 Å². The minimum Gasteiger partial charge on any atom is -0.328 e. The maximum absolute atomic E-state index is 5.80. The van der Waals surface area contributed by atoms with Gasteiger partial charge >= 0.3 is 0 Å². The topological polar surface area (TPSA) is 56.7 Å². The fourth-order valence-electron chi connectivity index (χ4n) is 2.75. The Kier molecular flexibility index (Phi) is 4.75. The molecule has 0 saturated heterocycles. The van der Waals surface area contributed by atoms with E-state index < -0.39 is 0 Å². The predicted molar refractivity (Wildman–Crippen MR) is 73.5 cm³/mol. The average molecular weight is 250 g/mol. The lowest BCUT2D eigenvalue weighted by Gasteiger charge is -2.14. The van der Waals surface area contributed by atoms with Crippen molar-refractivity contribution in [2.45, 2.75) is 77.3 Å². The molecule has 0 fully saturated rings. The van der Waals surface area contributed by atoms with Crippen molar-refractivity contribution in [1.29, 1.82) is 0 Å². The number of fused-ring (bicyclic) bond motifs is 1. The molecular weight excluding hydrogens is 224 g/mol. The summed E-state index contributed by atoms with van der Waals surface area (Å²) >= 11 is 0. The molecule has 2 atom stereocenters. The van der Waals surface area contributed by atoms with Gasteiger partial charge in [0.05, 0.1) is 0 Å². The molecule has 2 rings (SSSR count).